The van der Waals surface area contributed by atoms with Crippen molar-refractivity contribution in [1.82, 2.24) is 0 Å². The number of hydrogen-bond acceptors (Lipinski definition) is 4. The van der Waals surface area contributed by atoms with E-state index in [0.717, 1.165) is 44.6 Å². The molecule has 1 aromatic rings. The third kappa shape index (κ3) is 2.67. The quantitative estimate of drug-likeness (QED) is 0.687. The van der Waals surface area contributed by atoms with Crippen LogP contribution in [0, 0.1) is 21.8 Å². The molecule has 5 nitrogen and oxygen atoms in total. The van der Waals surface area contributed by atoms with Gasteiger partial charge in [-0.25, -0.2) is 0 Å². The Kier molecular flexibility index (Phi) is 4.29. The van der Waals surface area contributed by atoms with Crippen molar-refractivity contribution in [1.29, 1.82) is 0 Å². The number of aliphatic hydroxyl groups is 1. The maximum atomic E-state index is 13.9. The molecule has 0 aromatic heterocycles. The molecule has 3 atom stereocenters. The first-order chi connectivity index (χ1) is 10.6. The molecule has 1 aliphatic heterocycles. The van der Waals surface area contributed by atoms with E-state index in [1.807, 2.05) is 4.90 Å². The van der Waals surface area contributed by atoms with E-state index in [2.05, 4.69) is 0 Å². The summed E-state index contributed by atoms with van der Waals surface area (Å²) in [6.45, 7) is 0.679. The molecule has 0 radical (unpaired) electrons. The fourth-order valence-electron chi connectivity index (χ4n) is 4.04. The third-order valence-corrected chi connectivity index (χ3v) is 5.03. The minimum atomic E-state index is -0.794. The summed E-state index contributed by atoms with van der Waals surface area (Å²) in [7, 11) is 0. The predicted molar refractivity (Wildman–Crippen MR) is 81.4 cm³/mol. The van der Waals surface area contributed by atoms with Gasteiger partial charge in [-0.2, -0.15) is 4.39 Å². The van der Waals surface area contributed by atoms with Gasteiger partial charge in [-0.05, 0) is 37.8 Å². The first-order valence-electron chi connectivity index (χ1n) is 7.97. The van der Waals surface area contributed by atoms with Gasteiger partial charge in [0.15, 0.2) is 0 Å². The smallest absolute Gasteiger partial charge is 0.327 e. The van der Waals surface area contributed by atoms with Gasteiger partial charge < -0.3 is 10.0 Å². The molecule has 1 heterocycles. The minimum Gasteiger partial charge on any atom is -0.393 e. The van der Waals surface area contributed by atoms with Crippen LogP contribution in [0.5, 0.6) is 0 Å². The fraction of sp³-hybridized carbons (Fsp3) is 0.625. The highest BCUT2D eigenvalue weighted by atomic mass is 19.1. The second-order valence-electron chi connectivity index (χ2n) is 6.28. The largest absolute Gasteiger partial charge is 0.393 e. The van der Waals surface area contributed by atoms with E-state index >= 15 is 0 Å². The Morgan fingerprint density at radius 3 is 2.73 bits per heavy atom. The van der Waals surface area contributed by atoms with Crippen molar-refractivity contribution in [3.8, 4) is 0 Å². The molecule has 22 heavy (non-hydrogen) atoms. The van der Waals surface area contributed by atoms with Crippen LogP contribution in [0.4, 0.5) is 15.8 Å². The van der Waals surface area contributed by atoms with Gasteiger partial charge >= 0.3 is 5.69 Å². The van der Waals surface area contributed by atoms with Gasteiger partial charge in [0.2, 0.25) is 5.82 Å². The van der Waals surface area contributed by atoms with Crippen LogP contribution in [0.15, 0.2) is 18.2 Å². The van der Waals surface area contributed by atoms with E-state index in [4.69, 9.17) is 0 Å². The number of rotatable bonds is 3. The number of para-hydroxylation sites is 1. The highest BCUT2D eigenvalue weighted by molar-refractivity contribution is 5.65. The molecule has 1 saturated heterocycles. The maximum absolute atomic E-state index is 13.9. The molecule has 2 fully saturated rings. The average Bonchev–Trinajstić information content (AvgIpc) is 2.96. The molecule has 1 aliphatic carbocycles. The van der Waals surface area contributed by atoms with Gasteiger partial charge in [-0.1, -0.05) is 18.9 Å². The maximum Gasteiger partial charge on any atom is 0.327 e. The van der Waals surface area contributed by atoms with Crippen LogP contribution in [0.1, 0.15) is 38.5 Å². The van der Waals surface area contributed by atoms with E-state index in [1.165, 1.54) is 6.07 Å². The summed E-state index contributed by atoms with van der Waals surface area (Å²) in [5.74, 6) is -0.670. The van der Waals surface area contributed by atoms with E-state index in [-0.39, 0.29) is 18.1 Å². The SMILES string of the molecule is O=[N+]([O-])c1c(F)cccc1N1CCCC1C1CCCCC1O. The average molecular weight is 308 g/mol. The summed E-state index contributed by atoms with van der Waals surface area (Å²) >= 11 is 0. The molecule has 0 bridgehead atoms. The number of hydrogen-bond donors (Lipinski definition) is 1. The van der Waals surface area contributed by atoms with Gasteiger partial charge in [0.05, 0.1) is 11.0 Å². The zero-order valence-corrected chi connectivity index (χ0v) is 12.4. The summed E-state index contributed by atoms with van der Waals surface area (Å²) in [5.41, 5.74) is -0.0926. The number of nitrogens with zero attached hydrogens (tertiary/aromatic N) is 2. The lowest BCUT2D eigenvalue weighted by molar-refractivity contribution is -0.386. The summed E-state index contributed by atoms with van der Waals surface area (Å²) in [5, 5.41) is 21.5. The summed E-state index contributed by atoms with van der Waals surface area (Å²) in [6, 6.07) is 4.33. The van der Waals surface area contributed by atoms with Gasteiger partial charge in [0.25, 0.3) is 0 Å². The first kappa shape index (κ1) is 15.2. The number of nitro benzene ring substituents is 1. The van der Waals surface area contributed by atoms with Crippen molar-refractivity contribution in [2.45, 2.75) is 50.7 Å². The van der Waals surface area contributed by atoms with Crippen LogP contribution in [0.2, 0.25) is 0 Å². The highest BCUT2D eigenvalue weighted by Gasteiger charge is 2.39. The van der Waals surface area contributed by atoms with Crippen LogP contribution in [-0.4, -0.2) is 28.7 Å². The lowest BCUT2D eigenvalue weighted by atomic mass is 9.80. The molecule has 120 valence electrons. The molecule has 6 heteroatoms. The van der Waals surface area contributed by atoms with E-state index < -0.39 is 16.4 Å². The summed E-state index contributed by atoms with van der Waals surface area (Å²) in [6.07, 6.45) is 5.30. The molecule has 3 unspecified atom stereocenters. The van der Waals surface area contributed by atoms with Crippen molar-refractivity contribution in [2.24, 2.45) is 5.92 Å². The number of halogens is 1. The molecule has 3 rings (SSSR count). The number of aliphatic hydroxyl groups excluding tert-OH is 1. The van der Waals surface area contributed by atoms with Crippen molar-refractivity contribution >= 4 is 11.4 Å². The van der Waals surface area contributed by atoms with E-state index in [9.17, 15) is 19.6 Å². The van der Waals surface area contributed by atoms with Crippen LogP contribution in [0.3, 0.4) is 0 Å². The molecule has 1 saturated carbocycles. The molecule has 0 spiro atoms. The monoisotopic (exact) mass is 308 g/mol. The van der Waals surface area contributed by atoms with Crippen LogP contribution in [0.25, 0.3) is 0 Å². The van der Waals surface area contributed by atoms with E-state index in [0.29, 0.717) is 12.2 Å². The van der Waals surface area contributed by atoms with Crippen LogP contribution >= 0.6 is 0 Å². The molecular weight excluding hydrogens is 287 g/mol. The van der Waals surface area contributed by atoms with Crippen molar-refractivity contribution in [2.75, 3.05) is 11.4 Å². The second kappa shape index (κ2) is 6.20. The lowest BCUT2D eigenvalue weighted by Gasteiger charge is -2.38. The normalized spacial score (nSPS) is 28.8. The van der Waals surface area contributed by atoms with Crippen molar-refractivity contribution in [3.05, 3.63) is 34.1 Å². The number of benzene rings is 1. The molecule has 1 N–H and O–H groups in total. The van der Waals surface area contributed by atoms with Crippen molar-refractivity contribution < 1.29 is 14.4 Å². The Morgan fingerprint density at radius 2 is 2.00 bits per heavy atom. The zero-order chi connectivity index (χ0) is 15.7. The Hall–Kier alpha value is -1.69. The predicted octanol–water partition coefficient (Wildman–Crippen LogP) is 3.25. The zero-order valence-electron chi connectivity index (χ0n) is 12.4. The highest BCUT2D eigenvalue weighted by Crippen LogP contribution is 2.40. The Bertz CT molecular complexity index is 566. The second-order valence-corrected chi connectivity index (χ2v) is 6.28. The van der Waals surface area contributed by atoms with Gasteiger partial charge in [-0.15, -0.1) is 0 Å². The van der Waals surface area contributed by atoms with Crippen LogP contribution in [-0.2, 0) is 0 Å². The van der Waals surface area contributed by atoms with Gasteiger partial charge in [-0.3, -0.25) is 10.1 Å². The van der Waals surface area contributed by atoms with Gasteiger partial charge in [0.1, 0.15) is 5.69 Å². The third-order valence-electron chi connectivity index (χ3n) is 5.03. The molecule has 2 aliphatic rings. The first-order valence-corrected chi connectivity index (χ1v) is 7.97. The number of nitro groups is 1. The fourth-order valence-corrected chi connectivity index (χ4v) is 4.04. The molecule has 1 aromatic carbocycles. The Morgan fingerprint density at radius 1 is 1.23 bits per heavy atom. The van der Waals surface area contributed by atoms with Gasteiger partial charge in [0, 0.05) is 18.5 Å². The summed E-state index contributed by atoms with van der Waals surface area (Å²) in [4.78, 5) is 12.5. The molecule has 0 amide bonds. The van der Waals surface area contributed by atoms with Crippen LogP contribution < -0.4 is 4.90 Å². The topological polar surface area (TPSA) is 66.6 Å². The Labute approximate surface area is 128 Å². The standard InChI is InChI=1S/C16H21FN2O3/c17-12-6-3-7-14(16(12)19(21)22)18-10-4-8-13(18)11-5-1-2-9-15(11)20/h3,6-7,11,13,15,20H,1-2,4-5,8-10H2. The minimum absolute atomic E-state index is 0.0656. The summed E-state index contributed by atoms with van der Waals surface area (Å²) < 4.78 is 13.9. The van der Waals surface area contributed by atoms with Crippen molar-refractivity contribution in [3.63, 3.8) is 0 Å². The van der Waals surface area contributed by atoms with E-state index in [1.54, 1.807) is 6.07 Å². The Balaban J connectivity index is 1.93. The lowest BCUT2D eigenvalue weighted by Crippen LogP contribution is -2.43. The molecular formula is C16H21FN2O3. The number of anilines is 1.